The molecule has 0 aliphatic rings. The third kappa shape index (κ3) is 60.9. The minimum Gasteiger partial charge on any atom is -0.462 e. The number of carbonyl (C=O) groups excluding carboxylic acids is 4. The number of unbranched alkanes of at least 4 members (excludes halogenated alkanes) is 30. The molecule has 0 aromatic carbocycles. The fourth-order valence-electron chi connectivity index (χ4n) is 9.96. The maximum Gasteiger partial charge on any atom is 0.472 e. The van der Waals surface area contributed by atoms with Gasteiger partial charge < -0.3 is 33.8 Å². The van der Waals surface area contributed by atoms with Crippen LogP contribution < -0.4 is 0 Å². The van der Waals surface area contributed by atoms with Crippen LogP contribution in [0.4, 0.5) is 0 Å². The van der Waals surface area contributed by atoms with E-state index >= 15 is 0 Å². The summed E-state index contributed by atoms with van der Waals surface area (Å²) >= 11 is 0. The first kappa shape index (κ1) is 84.1. The van der Waals surface area contributed by atoms with Crippen molar-refractivity contribution in [3.63, 3.8) is 0 Å². The fraction of sp³-hybridized carbons (Fsp3) is 0.940. The van der Waals surface area contributed by atoms with E-state index in [2.05, 4.69) is 55.4 Å². The lowest BCUT2D eigenvalue weighted by Gasteiger charge is -2.21. The van der Waals surface area contributed by atoms with Crippen molar-refractivity contribution in [1.29, 1.82) is 0 Å². The number of phosphoric acid groups is 2. The molecule has 0 aromatic heterocycles. The van der Waals surface area contributed by atoms with Crippen LogP contribution in [-0.4, -0.2) is 96.7 Å². The highest BCUT2D eigenvalue weighted by molar-refractivity contribution is 7.47. The standard InChI is InChI=1S/C67H130O17P2/c1-57(2)43-35-27-19-15-11-9-13-17-21-31-39-47-64(69)77-53-63(84-67(72)50-42-34-26-24-30-38-46-60(7)8)56-82-86(75,76)80-52-61(68)51-79-85(73,74)81-55-62(54-78-65(70)48-40-32-25-23-29-37-45-59(5)6)83-66(71)49-41-33-22-18-14-10-12-16-20-28-36-44-58(3)4/h57-63,68H,9-56H2,1-8H3,(H,73,74)(H,75,76)/t61-,62+,63+/m0/s1. The second kappa shape index (κ2) is 57.0. The Labute approximate surface area is 524 Å². The number of carbonyl (C=O) groups is 4. The Morgan fingerprint density at radius 2 is 0.488 bits per heavy atom. The van der Waals surface area contributed by atoms with Crippen LogP contribution in [0.15, 0.2) is 0 Å². The molecule has 0 heterocycles. The Balaban J connectivity index is 5.21. The summed E-state index contributed by atoms with van der Waals surface area (Å²) in [7, 11) is -9.89. The maximum absolute atomic E-state index is 13.0. The van der Waals surface area contributed by atoms with Gasteiger partial charge in [0.05, 0.1) is 26.4 Å². The van der Waals surface area contributed by atoms with Crippen LogP contribution in [0.1, 0.15) is 325 Å². The largest absolute Gasteiger partial charge is 0.472 e. The highest BCUT2D eigenvalue weighted by atomic mass is 31.2. The molecule has 0 rings (SSSR count). The number of rotatable bonds is 64. The molecule has 0 bridgehead atoms. The SMILES string of the molecule is CC(C)CCCCCCCCCCCCCC(=O)OC[C@H](COP(=O)(O)OC[C@@H](O)COP(=O)(O)OC[C@@H](COC(=O)CCCCCCCCC(C)C)OC(=O)CCCCCCCCCCCCCC(C)C)OC(=O)CCCCCCCCC(C)C. The number of aliphatic hydroxyl groups is 1. The van der Waals surface area contributed by atoms with Crippen LogP contribution in [0.25, 0.3) is 0 Å². The molecule has 0 aromatic rings. The third-order valence-corrected chi connectivity index (χ3v) is 17.2. The first-order valence-corrected chi connectivity index (χ1v) is 37.7. The minimum absolute atomic E-state index is 0.101. The van der Waals surface area contributed by atoms with Crippen molar-refractivity contribution in [3.05, 3.63) is 0 Å². The molecule has 0 aliphatic heterocycles. The lowest BCUT2D eigenvalue weighted by molar-refractivity contribution is -0.161. The van der Waals surface area contributed by atoms with E-state index in [0.717, 1.165) is 108 Å². The van der Waals surface area contributed by atoms with Gasteiger partial charge in [-0.3, -0.25) is 37.3 Å². The van der Waals surface area contributed by atoms with Gasteiger partial charge in [0, 0.05) is 25.7 Å². The summed E-state index contributed by atoms with van der Waals surface area (Å²) in [6.45, 7) is 14.0. The highest BCUT2D eigenvalue weighted by Gasteiger charge is 2.30. The van der Waals surface area contributed by atoms with E-state index in [0.29, 0.717) is 37.5 Å². The molecular formula is C67H130O17P2. The first-order chi connectivity index (χ1) is 41.1. The van der Waals surface area contributed by atoms with Crippen molar-refractivity contribution in [2.75, 3.05) is 39.6 Å². The predicted octanol–water partition coefficient (Wildman–Crippen LogP) is 18.5. The van der Waals surface area contributed by atoms with E-state index in [1.54, 1.807) is 0 Å². The summed E-state index contributed by atoms with van der Waals surface area (Å²) in [5, 5.41) is 10.6. The van der Waals surface area contributed by atoms with E-state index in [9.17, 15) is 43.2 Å². The van der Waals surface area contributed by atoms with Gasteiger partial charge in [0.25, 0.3) is 0 Å². The molecule has 0 amide bonds. The zero-order valence-electron chi connectivity index (χ0n) is 55.9. The monoisotopic (exact) mass is 1270 g/mol. The van der Waals surface area contributed by atoms with Crippen molar-refractivity contribution in [1.82, 2.24) is 0 Å². The third-order valence-electron chi connectivity index (χ3n) is 15.3. The number of hydrogen-bond acceptors (Lipinski definition) is 15. The van der Waals surface area contributed by atoms with Crippen LogP contribution in [0.3, 0.4) is 0 Å². The van der Waals surface area contributed by atoms with Gasteiger partial charge in [-0.15, -0.1) is 0 Å². The van der Waals surface area contributed by atoms with Gasteiger partial charge in [-0.25, -0.2) is 9.13 Å². The molecule has 3 N–H and O–H groups in total. The summed E-state index contributed by atoms with van der Waals surface area (Å²) in [4.78, 5) is 72.3. The van der Waals surface area contributed by atoms with Crippen molar-refractivity contribution < 1.29 is 80.2 Å². The zero-order valence-corrected chi connectivity index (χ0v) is 57.7. The second-order valence-electron chi connectivity index (χ2n) is 26.1. The summed E-state index contributed by atoms with van der Waals surface area (Å²) in [5.74, 6) is 0.746. The van der Waals surface area contributed by atoms with Gasteiger partial charge in [0.15, 0.2) is 12.2 Å². The number of esters is 4. The summed E-state index contributed by atoms with van der Waals surface area (Å²) in [6, 6.07) is 0. The van der Waals surface area contributed by atoms with Crippen LogP contribution in [-0.2, 0) is 65.4 Å². The lowest BCUT2D eigenvalue weighted by atomic mass is 10.0. The molecular weight excluding hydrogens is 1140 g/mol. The Bertz CT molecular complexity index is 1710. The van der Waals surface area contributed by atoms with E-state index in [1.165, 1.54) is 122 Å². The Morgan fingerprint density at radius 1 is 0.291 bits per heavy atom. The average molecular weight is 1270 g/mol. The van der Waals surface area contributed by atoms with E-state index in [4.69, 9.17) is 37.0 Å². The number of phosphoric ester groups is 2. The van der Waals surface area contributed by atoms with Gasteiger partial charge in [0.1, 0.15) is 19.3 Å². The summed E-state index contributed by atoms with van der Waals surface area (Å²) in [5.41, 5.74) is 0. The van der Waals surface area contributed by atoms with E-state index in [-0.39, 0.29) is 25.7 Å². The lowest BCUT2D eigenvalue weighted by Crippen LogP contribution is -2.30. The molecule has 0 radical (unpaired) electrons. The summed E-state index contributed by atoms with van der Waals surface area (Å²) in [6.07, 6.45) is 37.9. The molecule has 0 saturated carbocycles. The molecule has 19 heteroatoms. The second-order valence-corrected chi connectivity index (χ2v) is 29.0. The average Bonchev–Trinajstić information content (AvgIpc) is 3.62. The van der Waals surface area contributed by atoms with Crippen molar-refractivity contribution >= 4 is 39.5 Å². The molecule has 510 valence electrons. The molecule has 2 unspecified atom stereocenters. The normalized spacial score (nSPS) is 14.4. The zero-order chi connectivity index (χ0) is 63.9. The van der Waals surface area contributed by atoms with Gasteiger partial charge in [-0.05, 0) is 49.4 Å². The smallest absolute Gasteiger partial charge is 0.462 e. The van der Waals surface area contributed by atoms with Gasteiger partial charge in [0.2, 0.25) is 0 Å². The number of hydrogen-bond donors (Lipinski definition) is 3. The fourth-order valence-corrected chi connectivity index (χ4v) is 11.5. The topological polar surface area (TPSA) is 237 Å². The molecule has 0 saturated heterocycles. The van der Waals surface area contributed by atoms with Gasteiger partial charge >= 0.3 is 39.5 Å². The Hall–Kier alpha value is -1.94. The maximum atomic E-state index is 13.0. The van der Waals surface area contributed by atoms with Crippen molar-refractivity contribution in [3.8, 4) is 0 Å². The van der Waals surface area contributed by atoms with E-state index < -0.39 is 97.5 Å². The highest BCUT2D eigenvalue weighted by Crippen LogP contribution is 2.45. The number of aliphatic hydroxyl groups excluding tert-OH is 1. The van der Waals surface area contributed by atoms with Crippen LogP contribution in [0, 0.1) is 23.7 Å². The van der Waals surface area contributed by atoms with E-state index in [1.807, 2.05) is 0 Å². The van der Waals surface area contributed by atoms with Gasteiger partial charge in [-0.2, -0.15) is 0 Å². The Kier molecular flexibility index (Phi) is 55.7. The van der Waals surface area contributed by atoms with Crippen molar-refractivity contribution in [2.45, 2.75) is 343 Å². The molecule has 86 heavy (non-hydrogen) atoms. The molecule has 17 nitrogen and oxygen atoms in total. The first-order valence-electron chi connectivity index (χ1n) is 34.7. The van der Waals surface area contributed by atoms with Crippen LogP contribution in [0.2, 0.25) is 0 Å². The number of ether oxygens (including phenoxy) is 4. The van der Waals surface area contributed by atoms with Gasteiger partial charge in [-0.1, -0.05) is 274 Å². The molecule has 0 spiro atoms. The Morgan fingerprint density at radius 3 is 0.721 bits per heavy atom. The predicted molar refractivity (Wildman–Crippen MR) is 344 cm³/mol. The molecule has 0 fully saturated rings. The van der Waals surface area contributed by atoms with Crippen LogP contribution in [0.5, 0.6) is 0 Å². The van der Waals surface area contributed by atoms with Crippen LogP contribution >= 0.6 is 15.6 Å². The molecule has 5 atom stereocenters. The molecule has 0 aliphatic carbocycles. The minimum atomic E-state index is -4.95. The quantitative estimate of drug-likeness (QED) is 0.0222. The van der Waals surface area contributed by atoms with Crippen molar-refractivity contribution in [2.24, 2.45) is 23.7 Å². The summed E-state index contributed by atoms with van der Waals surface area (Å²) < 4.78 is 68.1.